The van der Waals surface area contributed by atoms with Gasteiger partial charge >= 0.3 is 6.03 Å². The van der Waals surface area contributed by atoms with E-state index in [-0.39, 0.29) is 28.5 Å². The summed E-state index contributed by atoms with van der Waals surface area (Å²) >= 11 is 0. The second-order valence-electron chi connectivity index (χ2n) is 9.34. The summed E-state index contributed by atoms with van der Waals surface area (Å²) in [4.78, 5) is 28.5. The Bertz CT molecular complexity index is 1480. The number of carbonyl (C=O) groups excluding carboxylic acids is 2. The van der Waals surface area contributed by atoms with Crippen molar-refractivity contribution in [3.63, 3.8) is 0 Å². The molecule has 4 rings (SSSR count). The number of ether oxygens (including phenoxy) is 1. The van der Waals surface area contributed by atoms with Crippen LogP contribution in [0.5, 0.6) is 11.5 Å². The van der Waals surface area contributed by atoms with Crippen LogP contribution in [-0.2, 0) is 5.41 Å². The molecule has 11 heteroatoms. The topological polar surface area (TPSA) is 110 Å². The molecule has 0 unspecified atom stereocenters. The highest BCUT2D eigenvalue weighted by Gasteiger charge is 2.22. The molecule has 2 aromatic heterocycles. The molecule has 9 nitrogen and oxygen atoms in total. The second kappa shape index (κ2) is 10.7. The van der Waals surface area contributed by atoms with E-state index in [0.29, 0.717) is 22.9 Å². The molecule has 0 saturated carbocycles. The van der Waals surface area contributed by atoms with E-state index in [4.69, 9.17) is 4.74 Å². The predicted molar refractivity (Wildman–Crippen MR) is 139 cm³/mol. The zero-order valence-corrected chi connectivity index (χ0v) is 21.2. The number of amides is 3. The van der Waals surface area contributed by atoms with Crippen molar-refractivity contribution in [2.24, 2.45) is 0 Å². The molecule has 0 spiro atoms. The average Bonchev–Trinajstić information content (AvgIpc) is 3.31. The van der Waals surface area contributed by atoms with Gasteiger partial charge in [-0.3, -0.25) is 15.1 Å². The molecule has 0 aliphatic heterocycles. The zero-order chi connectivity index (χ0) is 27.4. The van der Waals surface area contributed by atoms with Gasteiger partial charge in [0.2, 0.25) is 0 Å². The van der Waals surface area contributed by atoms with Gasteiger partial charge in [0.05, 0.1) is 11.4 Å². The highest BCUT2D eigenvalue weighted by Crippen LogP contribution is 2.27. The van der Waals surface area contributed by atoms with Gasteiger partial charge in [-0.1, -0.05) is 20.8 Å². The predicted octanol–water partition coefficient (Wildman–Crippen LogP) is 5.64. The van der Waals surface area contributed by atoms with Gasteiger partial charge in [-0.2, -0.15) is 5.10 Å². The monoisotopic (exact) mass is 520 g/mol. The Morgan fingerprint density at radius 1 is 0.895 bits per heavy atom. The number of nitrogens with zero attached hydrogens (tertiary/aromatic N) is 3. The van der Waals surface area contributed by atoms with E-state index in [2.05, 4.69) is 26.0 Å². The van der Waals surface area contributed by atoms with Crippen LogP contribution in [0.1, 0.15) is 37.0 Å². The molecule has 0 aliphatic carbocycles. The maximum absolute atomic E-state index is 13.9. The molecule has 4 aromatic rings. The molecule has 2 heterocycles. The lowest BCUT2D eigenvalue weighted by molar-refractivity contribution is 0.0957. The summed E-state index contributed by atoms with van der Waals surface area (Å²) in [6, 6.07) is 14.2. The first-order valence-corrected chi connectivity index (χ1v) is 11.6. The van der Waals surface area contributed by atoms with Crippen LogP contribution < -0.4 is 20.7 Å². The molecule has 0 saturated heterocycles. The third-order valence-electron chi connectivity index (χ3n) is 5.41. The number of anilines is 2. The number of benzene rings is 2. The second-order valence-corrected chi connectivity index (χ2v) is 9.34. The Morgan fingerprint density at radius 3 is 2.29 bits per heavy atom. The number of aromatic nitrogens is 3. The lowest BCUT2D eigenvalue weighted by atomic mass is 9.92. The van der Waals surface area contributed by atoms with Crippen LogP contribution in [0.4, 0.5) is 25.1 Å². The summed E-state index contributed by atoms with van der Waals surface area (Å²) in [6.07, 6.45) is 1.47. The van der Waals surface area contributed by atoms with E-state index < -0.39 is 17.7 Å². The van der Waals surface area contributed by atoms with Gasteiger partial charge < -0.3 is 15.4 Å². The van der Waals surface area contributed by atoms with Crippen LogP contribution in [0.25, 0.3) is 5.69 Å². The average molecular weight is 521 g/mol. The Morgan fingerprint density at radius 2 is 1.63 bits per heavy atom. The fourth-order valence-electron chi connectivity index (χ4n) is 3.40. The molecule has 0 fully saturated rings. The molecule has 38 heavy (non-hydrogen) atoms. The zero-order valence-electron chi connectivity index (χ0n) is 21.2. The molecule has 0 bridgehead atoms. The third kappa shape index (κ3) is 6.12. The number of carbonyl (C=O) groups is 2. The number of pyridine rings is 1. The standard InChI is InChI=1S/C27H26F2N6O3/c1-27(2,3)23-15-24(35(34-23)17-7-10-20(28)21(29)13-17)33-26(37)32-16-5-8-18(9-6-16)38-19-11-12-31-22(14-19)25(36)30-4/h5-15H,1-4H3,(H,30,36)(H2,32,33,37). The van der Waals surface area contributed by atoms with Gasteiger partial charge in [0.25, 0.3) is 5.91 Å². The van der Waals surface area contributed by atoms with Crippen molar-refractivity contribution in [1.82, 2.24) is 20.1 Å². The molecule has 2 aromatic carbocycles. The van der Waals surface area contributed by atoms with E-state index in [1.807, 2.05) is 20.8 Å². The molecule has 3 N–H and O–H groups in total. The lowest BCUT2D eigenvalue weighted by Crippen LogP contribution is -2.21. The number of halogens is 2. The molecule has 0 aliphatic rings. The first-order valence-electron chi connectivity index (χ1n) is 11.6. The van der Waals surface area contributed by atoms with Gasteiger partial charge in [0.15, 0.2) is 11.6 Å². The minimum absolute atomic E-state index is 0.220. The Hall–Kier alpha value is -4.80. The first-order chi connectivity index (χ1) is 18.0. The molecular weight excluding hydrogens is 494 g/mol. The van der Waals surface area contributed by atoms with Gasteiger partial charge in [0, 0.05) is 42.5 Å². The van der Waals surface area contributed by atoms with Crippen molar-refractivity contribution in [3.8, 4) is 17.2 Å². The smallest absolute Gasteiger partial charge is 0.324 e. The highest BCUT2D eigenvalue weighted by molar-refractivity contribution is 5.99. The van der Waals surface area contributed by atoms with E-state index in [1.54, 1.807) is 36.4 Å². The molecule has 196 valence electrons. The normalized spacial score (nSPS) is 11.1. The van der Waals surface area contributed by atoms with Crippen LogP contribution in [0.15, 0.2) is 66.9 Å². The quantitative estimate of drug-likeness (QED) is 0.305. The van der Waals surface area contributed by atoms with Crippen molar-refractivity contribution in [1.29, 1.82) is 0 Å². The van der Waals surface area contributed by atoms with E-state index in [9.17, 15) is 18.4 Å². The summed E-state index contributed by atoms with van der Waals surface area (Å²) < 4.78 is 34.5. The van der Waals surface area contributed by atoms with Crippen LogP contribution in [0.2, 0.25) is 0 Å². The third-order valence-corrected chi connectivity index (χ3v) is 5.41. The van der Waals surface area contributed by atoms with Crippen LogP contribution in [0, 0.1) is 11.6 Å². The van der Waals surface area contributed by atoms with Gasteiger partial charge in [0.1, 0.15) is 23.0 Å². The number of hydrogen-bond donors (Lipinski definition) is 3. The maximum atomic E-state index is 13.9. The van der Waals surface area contributed by atoms with Crippen molar-refractivity contribution in [2.75, 3.05) is 17.7 Å². The molecule has 3 amide bonds. The fraction of sp³-hybridized carbons (Fsp3) is 0.185. The summed E-state index contributed by atoms with van der Waals surface area (Å²) in [6.45, 7) is 5.84. The Balaban J connectivity index is 1.48. The summed E-state index contributed by atoms with van der Waals surface area (Å²) in [5, 5.41) is 12.4. The van der Waals surface area contributed by atoms with Gasteiger partial charge in [-0.25, -0.2) is 18.3 Å². The van der Waals surface area contributed by atoms with Crippen molar-refractivity contribution in [3.05, 3.63) is 89.9 Å². The highest BCUT2D eigenvalue weighted by atomic mass is 19.2. The minimum Gasteiger partial charge on any atom is -0.457 e. The van der Waals surface area contributed by atoms with Crippen LogP contribution in [-0.4, -0.2) is 33.8 Å². The summed E-state index contributed by atoms with van der Waals surface area (Å²) in [7, 11) is 1.51. The first kappa shape index (κ1) is 26.3. The van der Waals surface area contributed by atoms with Crippen LogP contribution >= 0.6 is 0 Å². The fourth-order valence-corrected chi connectivity index (χ4v) is 3.40. The summed E-state index contributed by atoms with van der Waals surface area (Å²) in [5.41, 5.74) is 1.24. The number of hydrogen-bond acceptors (Lipinski definition) is 5. The van der Waals surface area contributed by atoms with E-state index in [0.717, 1.165) is 12.1 Å². The largest absolute Gasteiger partial charge is 0.457 e. The van der Waals surface area contributed by atoms with Crippen LogP contribution in [0.3, 0.4) is 0 Å². The van der Waals surface area contributed by atoms with Gasteiger partial charge in [-0.15, -0.1) is 0 Å². The number of nitrogens with one attached hydrogen (secondary N) is 3. The number of rotatable bonds is 6. The van der Waals surface area contributed by atoms with Crippen molar-refractivity contribution in [2.45, 2.75) is 26.2 Å². The van der Waals surface area contributed by atoms with Gasteiger partial charge in [-0.05, 0) is 42.5 Å². The minimum atomic E-state index is -1.02. The van der Waals surface area contributed by atoms with E-state index >= 15 is 0 Å². The SMILES string of the molecule is CNC(=O)c1cc(Oc2ccc(NC(=O)Nc3cc(C(C)(C)C)nn3-c3ccc(F)c(F)c3)cc2)ccn1. The Labute approximate surface area is 217 Å². The Kier molecular flexibility index (Phi) is 7.38. The maximum Gasteiger partial charge on any atom is 0.324 e. The molecule has 0 radical (unpaired) electrons. The molecule has 0 atom stereocenters. The van der Waals surface area contributed by atoms with Crippen molar-refractivity contribution >= 4 is 23.4 Å². The lowest BCUT2D eigenvalue weighted by Gasteiger charge is -2.14. The summed E-state index contributed by atoms with van der Waals surface area (Å²) in [5.74, 6) is -1.14. The van der Waals surface area contributed by atoms with Crippen molar-refractivity contribution < 1.29 is 23.1 Å². The van der Waals surface area contributed by atoms with E-state index in [1.165, 1.54) is 30.1 Å². The number of urea groups is 1. The molecular formula is C27H26F2N6O3.